The number of aldehydes is 1. The van der Waals surface area contributed by atoms with Gasteiger partial charge in [0, 0.05) is 25.4 Å². The lowest BCUT2D eigenvalue weighted by Crippen LogP contribution is -2.32. The van der Waals surface area contributed by atoms with E-state index in [4.69, 9.17) is 4.74 Å². The minimum absolute atomic E-state index is 0.0618. The lowest BCUT2D eigenvalue weighted by atomic mass is 10.4. The Morgan fingerprint density at radius 2 is 2.14 bits per heavy atom. The molecule has 0 radical (unpaired) electrons. The Morgan fingerprint density at radius 1 is 1.43 bits per heavy atom. The number of amides is 1. The Hall–Kier alpha value is -1.36. The van der Waals surface area contributed by atoms with E-state index in [1.807, 2.05) is 4.90 Å². The first-order chi connectivity index (χ1) is 6.83. The van der Waals surface area contributed by atoms with Crippen LogP contribution in [0.1, 0.15) is 0 Å². The van der Waals surface area contributed by atoms with Crippen LogP contribution in [-0.4, -0.2) is 49.9 Å². The van der Waals surface area contributed by atoms with E-state index in [9.17, 15) is 9.59 Å². The highest BCUT2D eigenvalue weighted by Gasteiger charge is 2.05. The SMILES string of the molecule is O=CCNC(=O)C=CN1CCOCC1. The number of carbonyl (C=O) groups is 2. The number of nitrogens with one attached hydrogen (secondary N) is 1. The van der Waals surface area contributed by atoms with Gasteiger partial charge in [-0.05, 0) is 0 Å². The predicted molar refractivity (Wildman–Crippen MR) is 50.6 cm³/mol. The van der Waals surface area contributed by atoms with E-state index < -0.39 is 0 Å². The Morgan fingerprint density at radius 3 is 2.79 bits per heavy atom. The second kappa shape index (κ2) is 6.15. The largest absolute Gasteiger partial charge is 0.378 e. The Labute approximate surface area is 82.7 Å². The molecule has 1 saturated heterocycles. The van der Waals surface area contributed by atoms with Gasteiger partial charge >= 0.3 is 0 Å². The highest BCUT2D eigenvalue weighted by Crippen LogP contribution is 1.96. The molecule has 0 spiro atoms. The molecule has 1 rings (SSSR count). The fraction of sp³-hybridized carbons (Fsp3) is 0.556. The van der Waals surface area contributed by atoms with Crippen molar-refractivity contribution in [2.24, 2.45) is 0 Å². The molecule has 1 fully saturated rings. The van der Waals surface area contributed by atoms with Gasteiger partial charge in [-0.2, -0.15) is 0 Å². The average molecular weight is 198 g/mol. The van der Waals surface area contributed by atoms with Gasteiger partial charge in [0.25, 0.3) is 0 Å². The van der Waals surface area contributed by atoms with Crippen LogP contribution in [0, 0.1) is 0 Å². The van der Waals surface area contributed by atoms with Gasteiger partial charge in [0.1, 0.15) is 6.29 Å². The summed E-state index contributed by atoms with van der Waals surface area (Å²) in [6.45, 7) is 3.06. The van der Waals surface area contributed by atoms with Gasteiger partial charge in [0.2, 0.25) is 5.91 Å². The number of ether oxygens (including phenoxy) is 1. The van der Waals surface area contributed by atoms with Crippen LogP contribution in [-0.2, 0) is 14.3 Å². The molecule has 78 valence electrons. The molecule has 14 heavy (non-hydrogen) atoms. The molecule has 1 heterocycles. The van der Waals surface area contributed by atoms with Crippen molar-refractivity contribution in [1.82, 2.24) is 10.2 Å². The number of morpholine rings is 1. The third-order valence-electron chi connectivity index (χ3n) is 1.84. The molecule has 1 aliphatic rings. The molecule has 5 nitrogen and oxygen atoms in total. The van der Waals surface area contributed by atoms with Crippen LogP contribution in [0.4, 0.5) is 0 Å². The fourth-order valence-corrected chi connectivity index (χ4v) is 1.10. The van der Waals surface area contributed by atoms with Crippen LogP contribution in [0.5, 0.6) is 0 Å². The quantitative estimate of drug-likeness (QED) is 0.472. The molecule has 1 N–H and O–H groups in total. The van der Waals surface area contributed by atoms with Gasteiger partial charge in [-0.1, -0.05) is 0 Å². The second-order valence-electron chi connectivity index (χ2n) is 2.88. The van der Waals surface area contributed by atoms with Crippen molar-refractivity contribution in [1.29, 1.82) is 0 Å². The Kier molecular flexibility index (Phi) is 4.71. The molecule has 0 saturated carbocycles. The number of carbonyl (C=O) groups excluding carboxylic acids is 2. The van der Waals surface area contributed by atoms with E-state index in [1.54, 1.807) is 6.20 Å². The summed E-state index contributed by atoms with van der Waals surface area (Å²) in [4.78, 5) is 23.0. The third-order valence-corrected chi connectivity index (χ3v) is 1.84. The van der Waals surface area contributed by atoms with E-state index >= 15 is 0 Å². The van der Waals surface area contributed by atoms with Crippen LogP contribution in [0.25, 0.3) is 0 Å². The van der Waals surface area contributed by atoms with Gasteiger partial charge in [-0.15, -0.1) is 0 Å². The summed E-state index contributed by atoms with van der Waals surface area (Å²) in [5, 5.41) is 2.42. The molecule has 0 aliphatic carbocycles. The van der Waals surface area contributed by atoms with E-state index in [1.165, 1.54) is 6.08 Å². The maximum Gasteiger partial charge on any atom is 0.245 e. The van der Waals surface area contributed by atoms with Crippen molar-refractivity contribution in [3.05, 3.63) is 12.3 Å². The molecule has 1 aliphatic heterocycles. The monoisotopic (exact) mass is 198 g/mol. The van der Waals surface area contributed by atoms with E-state index in [-0.39, 0.29) is 12.5 Å². The molecular formula is C9H14N2O3. The molecule has 5 heteroatoms. The Balaban J connectivity index is 2.23. The van der Waals surface area contributed by atoms with Gasteiger partial charge in [0.15, 0.2) is 0 Å². The summed E-state index contributed by atoms with van der Waals surface area (Å²) >= 11 is 0. The highest BCUT2D eigenvalue weighted by molar-refractivity contribution is 5.88. The van der Waals surface area contributed by atoms with Gasteiger partial charge in [-0.25, -0.2) is 0 Å². The number of hydrogen-bond donors (Lipinski definition) is 1. The first-order valence-corrected chi connectivity index (χ1v) is 4.54. The molecule has 0 atom stereocenters. The second-order valence-corrected chi connectivity index (χ2v) is 2.88. The molecular weight excluding hydrogens is 184 g/mol. The molecule has 0 aromatic carbocycles. The number of rotatable bonds is 4. The lowest BCUT2D eigenvalue weighted by Gasteiger charge is -2.24. The van der Waals surface area contributed by atoms with E-state index in [0.717, 1.165) is 13.1 Å². The average Bonchev–Trinajstić information content (AvgIpc) is 2.25. The minimum Gasteiger partial charge on any atom is -0.378 e. The van der Waals surface area contributed by atoms with Crippen molar-refractivity contribution >= 4 is 12.2 Å². The standard InChI is InChI=1S/C9H14N2O3/c12-6-2-10-9(13)1-3-11-4-7-14-8-5-11/h1,3,6H,2,4-5,7-8H2,(H,10,13). The smallest absolute Gasteiger partial charge is 0.245 e. The summed E-state index contributed by atoms with van der Waals surface area (Å²) in [5.41, 5.74) is 0. The zero-order valence-corrected chi connectivity index (χ0v) is 7.94. The summed E-state index contributed by atoms with van der Waals surface area (Å²) in [6, 6.07) is 0. The number of nitrogens with zero attached hydrogens (tertiary/aromatic N) is 1. The van der Waals surface area contributed by atoms with Gasteiger partial charge in [0.05, 0.1) is 19.8 Å². The normalized spacial score (nSPS) is 17.0. The maximum atomic E-state index is 11.0. The molecule has 0 aromatic heterocycles. The van der Waals surface area contributed by atoms with Crippen molar-refractivity contribution in [2.45, 2.75) is 0 Å². The van der Waals surface area contributed by atoms with Crippen LogP contribution < -0.4 is 5.32 Å². The zero-order valence-electron chi connectivity index (χ0n) is 7.94. The number of hydrogen-bond acceptors (Lipinski definition) is 4. The first-order valence-electron chi connectivity index (χ1n) is 4.54. The van der Waals surface area contributed by atoms with Crippen molar-refractivity contribution in [2.75, 3.05) is 32.8 Å². The molecule has 0 bridgehead atoms. The van der Waals surface area contributed by atoms with Crippen molar-refractivity contribution < 1.29 is 14.3 Å². The molecule has 0 unspecified atom stereocenters. The van der Waals surface area contributed by atoms with Crippen LogP contribution >= 0.6 is 0 Å². The van der Waals surface area contributed by atoms with Crippen LogP contribution in [0.15, 0.2) is 12.3 Å². The van der Waals surface area contributed by atoms with Gasteiger partial charge < -0.3 is 19.7 Å². The fourth-order valence-electron chi connectivity index (χ4n) is 1.10. The zero-order chi connectivity index (χ0) is 10.2. The van der Waals surface area contributed by atoms with Crippen molar-refractivity contribution in [3.8, 4) is 0 Å². The summed E-state index contributed by atoms with van der Waals surface area (Å²) in [5.74, 6) is -0.247. The van der Waals surface area contributed by atoms with Crippen LogP contribution in [0.3, 0.4) is 0 Å². The third kappa shape index (κ3) is 4.04. The van der Waals surface area contributed by atoms with E-state index in [0.29, 0.717) is 19.5 Å². The topological polar surface area (TPSA) is 58.6 Å². The minimum atomic E-state index is -0.247. The lowest BCUT2D eigenvalue weighted by molar-refractivity contribution is -0.118. The maximum absolute atomic E-state index is 11.0. The van der Waals surface area contributed by atoms with Crippen molar-refractivity contribution in [3.63, 3.8) is 0 Å². The predicted octanol–water partition coefficient (Wildman–Crippen LogP) is -0.853. The summed E-state index contributed by atoms with van der Waals surface area (Å²) in [7, 11) is 0. The molecule has 1 amide bonds. The van der Waals surface area contributed by atoms with E-state index in [2.05, 4.69) is 5.32 Å². The summed E-state index contributed by atoms with van der Waals surface area (Å²) < 4.78 is 5.15. The van der Waals surface area contributed by atoms with Crippen LogP contribution in [0.2, 0.25) is 0 Å². The van der Waals surface area contributed by atoms with Gasteiger partial charge in [-0.3, -0.25) is 4.79 Å². The first kappa shape index (κ1) is 10.7. The summed E-state index contributed by atoms with van der Waals surface area (Å²) in [6.07, 6.45) is 3.80. The molecule has 0 aromatic rings. The highest BCUT2D eigenvalue weighted by atomic mass is 16.5. The Bertz CT molecular complexity index is 222.